The second-order valence-electron chi connectivity index (χ2n) is 5.09. The van der Waals surface area contributed by atoms with Gasteiger partial charge in [0.25, 0.3) is 0 Å². The standard InChI is InChI=1S/C15H17Cl2NO3/c1-10-15(20,6-7-21-10)9-18-14(19)5-3-11-2-4-12(16)13(17)8-11/h2-5,8,10,20H,6-7,9H2,1H3,(H,18,19)/b5-3+. The first kappa shape index (κ1) is 16.3. The van der Waals surface area contributed by atoms with E-state index >= 15 is 0 Å². The van der Waals surface area contributed by atoms with Crippen molar-refractivity contribution in [1.82, 2.24) is 5.32 Å². The maximum atomic E-state index is 11.8. The Morgan fingerprint density at radius 3 is 2.90 bits per heavy atom. The summed E-state index contributed by atoms with van der Waals surface area (Å²) in [6.45, 7) is 2.47. The number of hydrogen-bond acceptors (Lipinski definition) is 3. The van der Waals surface area contributed by atoms with Crippen LogP contribution in [-0.4, -0.2) is 35.9 Å². The van der Waals surface area contributed by atoms with Gasteiger partial charge in [0.1, 0.15) is 5.60 Å². The van der Waals surface area contributed by atoms with E-state index in [1.54, 1.807) is 31.2 Å². The number of benzene rings is 1. The Morgan fingerprint density at radius 2 is 2.29 bits per heavy atom. The van der Waals surface area contributed by atoms with E-state index in [9.17, 15) is 9.90 Å². The van der Waals surface area contributed by atoms with E-state index in [-0.39, 0.29) is 18.6 Å². The summed E-state index contributed by atoms with van der Waals surface area (Å²) in [4.78, 5) is 11.8. The Morgan fingerprint density at radius 1 is 1.52 bits per heavy atom. The molecule has 1 fully saturated rings. The fourth-order valence-corrected chi connectivity index (χ4v) is 2.40. The van der Waals surface area contributed by atoms with E-state index < -0.39 is 5.60 Å². The lowest BCUT2D eigenvalue weighted by atomic mass is 9.97. The fourth-order valence-electron chi connectivity index (χ4n) is 2.09. The van der Waals surface area contributed by atoms with E-state index in [2.05, 4.69) is 5.32 Å². The molecule has 2 rings (SSSR count). The van der Waals surface area contributed by atoms with Gasteiger partial charge in [-0.15, -0.1) is 0 Å². The van der Waals surface area contributed by atoms with Gasteiger partial charge in [0.05, 0.1) is 16.1 Å². The molecular formula is C15H17Cl2NO3. The molecule has 0 saturated carbocycles. The Hall–Kier alpha value is -1.07. The second kappa shape index (κ2) is 6.79. The molecule has 2 unspecified atom stereocenters. The molecular weight excluding hydrogens is 313 g/mol. The topological polar surface area (TPSA) is 58.6 Å². The van der Waals surface area contributed by atoms with Gasteiger partial charge in [-0.2, -0.15) is 0 Å². The van der Waals surface area contributed by atoms with Crippen LogP contribution in [0.1, 0.15) is 18.9 Å². The predicted octanol–water partition coefficient (Wildman–Crippen LogP) is 2.66. The minimum atomic E-state index is -0.993. The SMILES string of the molecule is CC1OCCC1(O)CNC(=O)/C=C/c1ccc(Cl)c(Cl)c1. The number of nitrogens with one attached hydrogen (secondary N) is 1. The quantitative estimate of drug-likeness (QED) is 0.835. The summed E-state index contributed by atoms with van der Waals surface area (Å²) in [5.41, 5.74) is -0.219. The zero-order valence-electron chi connectivity index (χ0n) is 11.6. The number of rotatable bonds is 4. The summed E-state index contributed by atoms with van der Waals surface area (Å²) in [6, 6.07) is 5.11. The highest BCUT2D eigenvalue weighted by Crippen LogP contribution is 2.25. The third-order valence-electron chi connectivity index (χ3n) is 3.60. The largest absolute Gasteiger partial charge is 0.385 e. The molecule has 2 N–H and O–H groups in total. The van der Waals surface area contributed by atoms with Crippen molar-refractivity contribution in [1.29, 1.82) is 0 Å². The van der Waals surface area contributed by atoms with Crippen LogP contribution >= 0.6 is 23.2 Å². The zero-order chi connectivity index (χ0) is 15.5. The van der Waals surface area contributed by atoms with E-state index in [1.807, 2.05) is 0 Å². The van der Waals surface area contributed by atoms with Crippen LogP contribution in [-0.2, 0) is 9.53 Å². The zero-order valence-corrected chi connectivity index (χ0v) is 13.1. The monoisotopic (exact) mass is 329 g/mol. The minimum absolute atomic E-state index is 0.165. The summed E-state index contributed by atoms with van der Waals surface area (Å²) in [5.74, 6) is -0.284. The number of carbonyl (C=O) groups excluding carboxylic acids is 1. The molecule has 0 radical (unpaired) electrons. The highest BCUT2D eigenvalue weighted by molar-refractivity contribution is 6.42. The molecule has 0 spiro atoms. The van der Waals surface area contributed by atoms with E-state index in [1.165, 1.54) is 6.08 Å². The fraction of sp³-hybridized carbons (Fsp3) is 0.400. The van der Waals surface area contributed by atoms with Gasteiger partial charge in [-0.05, 0) is 30.7 Å². The third kappa shape index (κ3) is 4.20. The average Bonchev–Trinajstić information content (AvgIpc) is 2.78. The first-order valence-electron chi connectivity index (χ1n) is 6.66. The van der Waals surface area contributed by atoms with Gasteiger partial charge < -0.3 is 15.2 Å². The first-order valence-corrected chi connectivity index (χ1v) is 7.41. The van der Waals surface area contributed by atoms with Crippen LogP contribution in [0.5, 0.6) is 0 Å². The van der Waals surface area contributed by atoms with Gasteiger partial charge >= 0.3 is 0 Å². The smallest absolute Gasteiger partial charge is 0.244 e. The van der Waals surface area contributed by atoms with E-state index in [0.717, 1.165) is 5.56 Å². The molecule has 0 bridgehead atoms. The van der Waals surface area contributed by atoms with Crippen LogP contribution in [0.2, 0.25) is 10.0 Å². The van der Waals surface area contributed by atoms with Crippen LogP contribution < -0.4 is 5.32 Å². The van der Waals surface area contributed by atoms with Gasteiger partial charge in [0.2, 0.25) is 5.91 Å². The number of hydrogen-bond donors (Lipinski definition) is 2. The molecule has 114 valence electrons. The second-order valence-corrected chi connectivity index (χ2v) is 5.91. The van der Waals surface area contributed by atoms with Crippen molar-refractivity contribution in [2.75, 3.05) is 13.2 Å². The lowest BCUT2D eigenvalue weighted by Crippen LogP contribution is -2.47. The Bertz CT molecular complexity index is 562. The Balaban J connectivity index is 1.89. The molecule has 0 aromatic heterocycles. The summed E-state index contributed by atoms with van der Waals surface area (Å²) in [6.07, 6.45) is 3.27. The summed E-state index contributed by atoms with van der Waals surface area (Å²) < 4.78 is 5.31. The average molecular weight is 330 g/mol. The molecule has 1 aliphatic rings. The third-order valence-corrected chi connectivity index (χ3v) is 4.34. The molecule has 1 aromatic rings. The van der Waals surface area contributed by atoms with Crippen LogP contribution in [0, 0.1) is 0 Å². The minimum Gasteiger partial charge on any atom is -0.385 e. The van der Waals surface area contributed by atoms with Crippen molar-refractivity contribution >= 4 is 35.2 Å². The maximum absolute atomic E-state index is 11.8. The van der Waals surface area contributed by atoms with Crippen molar-refractivity contribution in [3.8, 4) is 0 Å². The molecule has 21 heavy (non-hydrogen) atoms. The van der Waals surface area contributed by atoms with Crippen molar-refractivity contribution in [2.45, 2.75) is 25.0 Å². The van der Waals surface area contributed by atoms with Gasteiger partial charge in [0.15, 0.2) is 0 Å². The molecule has 1 saturated heterocycles. The normalized spacial score (nSPS) is 25.4. The molecule has 1 heterocycles. The van der Waals surface area contributed by atoms with Crippen molar-refractivity contribution in [3.63, 3.8) is 0 Å². The van der Waals surface area contributed by atoms with Gasteiger partial charge in [0, 0.05) is 25.6 Å². The van der Waals surface area contributed by atoms with Crippen molar-refractivity contribution < 1.29 is 14.6 Å². The van der Waals surface area contributed by atoms with E-state index in [0.29, 0.717) is 23.1 Å². The molecule has 1 aromatic carbocycles. The number of halogens is 2. The van der Waals surface area contributed by atoms with Crippen LogP contribution in [0.3, 0.4) is 0 Å². The maximum Gasteiger partial charge on any atom is 0.244 e. The summed E-state index contributed by atoms with van der Waals surface area (Å²) in [7, 11) is 0. The van der Waals surface area contributed by atoms with Gasteiger partial charge in [-0.3, -0.25) is 4.79 Å². The number of amides is 1. The van der Waals surface area contributed by atoms with E-state index in [4.69, 9.17) is 27.9 Å². The van der Waals surface area contributed by atoms with Crippen LogP contribution in [0.4, 0.5) is 0 Å². The Kier molecular flexibility index (Phi) is 5.27. The molecule has 6 heteroatoms. The molecule has 0 aliphatic carbocycles. The highest BCUT2D eigenvalue weighted by Gasteiger charge is 2.39. The van der Waals surface area contributed by atoms with Crippen LogP contribution in [0.25, 0.3) is 6.08 Å². The predicted molar refractivity (Wildman–Crippen MR) is 83.5 cm³/mol. The van der Waals surface area contributed by atoms with Gasteiger partial charge in [-0.25, -0.2) is 0 Å². The summed E-state index contributed by atoms with van der Waals surface area (Å²) in [5, 5.41) is 13.8. The lowest BCUT2D eigenvalue weighted by molar-refractivity contribution is -0.118. The first-order chi connectivity index (χ1) is 9.90. The lowest BCUT2D eigenvalue weighted by Gasteiger charge is -2.25. The Labute approximate surface area is 133 Å². The molecule has 1 aliphatic heterocycles. The number of aliphatic hydroxyl groups is 1. The molecule has 4 nitrogen and oxygen atoms in total. The number of carbonyl (C=O) groups is 1. The van der Waals surface area contributed by atoms with Gasteiger partial charge in [-0.1, -0.05) is 29.3 Å². The van der Waals surface area contributed by atoms with Crippen molar-refractivity contribution in [3.05, 3.63) is 39.9 Å². The highest BCUT2D eigenvalue weighted by atomic mass is 35.5. The van der Waals surface area contributed by atoms with Crippen LogP contribution in [0.15, 0.2) is 24.3 Å². The molecule has 1 amide bonds. The van der Waals surface area contributed by atoms with Crippen molar-refractivity contribution in [2.24, 2.45) is 0 Å². The molecule has 2 atom stereocenters. The number of ether oxygens (including phenoxy) is 1. The summed E-state index contributed by atoms with van der Waals surface area (Å²) >= 11 is 11.7.